The number of halogens is 1. The molecule has 0 aliphatic rings. The first-order valence-electron chi connectivity index (χ1n) is 6.15. The summed E-state index contributed by atoms with van der Waals surface area (Å²) in [5.74, 6) is -0.139. The van der Waals surface area contributed by atoms with Crippen molar-refractivity contribution in [3.05, 3.63) is 35.1 Å². The van der Waals surface area contributed by atoms with E-state index in [1.54, 1.807) is 12.1 Å². The van der Waals surface area contributed by atoms with Crippen molar-refractivity contribution < 1.29 is 4.39 Å². The van der Waals surface area contributed by atoms with Gasteiger partial charge in [-0.15, -0.1) is 0 Å². The highest BCUT2D eigenvalue weighted by Gasteiger charge is 2.06. The monoisotopic (exact) mass is 223 g/mol. The number of benzene rings is 1. The molecule has 0 amide bonds. The van der Waals surface area contributed by atoms with Gasteiger partial charge in [0.05, 0.1) is 0 Å². The molecule has 0 aromatic heterocycles. The Kier molecular flexibility index (Phi) is 5.47. The Bertz CT molecular complexity index is 323. The summed E-state index contributed by atoms with van der Waals surface area (Å²) < 4.78 is 12.9. The summed E-state index contributed by atoms with van der Waals surface area (Å²) >= 11 is 0. The van der Waals surface area contributed by atoms with E-state index in [-0.39, 0.29) is 5.82 Å². The van der Waals surface area contributed by atoms with Gasteiger partial charge < -0.3 is 5.32 Å². The lowest BCUT2D eigenvalue weighted by molar-refractivity contribution is 0.480. The van der Waals surface area contributed by atoms with Gasteiger partial charge in [0.15, 0.2) is 0 Å². The van der Waals surface area contributed by atoms with E-state index in [9.17, 15) is 4.39 Å². The van der Waals surface area contributed by atoms with Crippen LogP contribution in [0.2, 0.25) is 0 Å². The van der Waals surface area contributed by atoms with Crippen LogP contribution in [0.5, 0.6) is 0 Å². The van der Waals surface area contributed by atoms with E-state index in [0.29, 0.717) is 6.04 Å². The standard InChI is InChI=1S/C14H22FN/c1-4-14(16-5-2)9-7-12-6-8-13(15)10-11(12)3/h6,8,10,14,16H,4-5,7,9H2,1-3H3. The number of hydrogen-bond acceptors (Lipinski definition) is 1. The van der Waals surface area contributed by atoms with Crippen LogP contribution >= 0.6 is 0 Å². The van der Waals surface area contributed by atoms with E-state index in [4.69, 9.17) is 0 Å². The van der Waals surface area contributed by atoms with E-state index in [1.807, 2.05) is 13.0 Å². The molecule has 0 aliphatic heterocycles. The predicted octanol–water partition coefficient (Wildman–Crippen LogP) is 3.45. The average Bonchev–Trinajstić information content (AvgIpc) is 2.26. The molecule has 90 valence electrons. The normalized spacial score (nSPS) is 12.8. The highest BCUT2D eigenvalue weighted by Crippen LogP contribution is 2.13. The van der Waals surface area contributed by atoms with Crippen molar-refractivity contribution >= 4 is 0 Å². The molecule has 1 N–H and O–H groups in total. The highest BCUT2D eigenvalue weighted by molar-refractivity contribution is 5.26. The summed E-state index contributed by atoms with van der Waals surface area (Å²) in [5.41, 5.74) is 2.32. The second kappa shape index (κ2) is 6.64. The lowest BCUT2D eigenvalue weighted by Gasteiger charge is -2.16. The molecule has 0 spiro atoms. The van der Waals surface area contributed by atoms with Crippen molar-refractivity contribution in [1.82, 2.24) is 5.32 Å². The molecule has 16 heavy (non-hydrogen) atoms. The molecule has 0 bridgehead atoms. The third-order valence-electron chi connectivity index (χ3n) is 3.05. The minimum Gasteiger partial charge on any atom is -0.314 e. The number of rotatable bonds is 6. The minimum atomic E-state index is -0.139. The molecule has 0 saturated heterocycles. The zero-order chi connectivity index (χ0) is 12.0. The van der Waals surface area contributed by atoms with E-state index < -0.39 is 0 Å². The van der Waals surface area contributed by atoms with Gasteiger partial charge in [-0.1, -0.05) is 19.9 Å². The molecule has 2 heteroatoms. The van der Waals surface area contributed by atoms with Crippen LogP contribution in [0.4, 0.5) is 4.39 Å². The Balaban J connectivity index is 2.53. The second-order valence-electron chi connectivity index (χ2n) is 4.27. The van der Waals surface area contributed by atoms with Crippen LogP contribution < -0.4 is 5.32 Å². The molecule has 0 fully saturated rings. The first-order valence-corrected chi connectivity index (χ1v) is 6.15. The van der Waals surface area contributed by atoms with Crippen molar-refractivity contribution in [2.45, 2.75) is 46.1 Å². The molecule has 1 unspecified atom stereocenters. The second-order valence-corrected chi connectivity index (χ2v) is 4.27. The fourth-order valence-electron chi connectivity index (χ4n) is 2.01. The lowest BCUT2D eigenvalue weighted by Crippen LogP contribution is -2.28. The summed E-state index contributed by atoms with van der Waals surface area (Å²) in [6.45, 7) is 7.32. The Morgan fingerprint density at radius 2 is 2.06 bits per heavy atom. The molecular weight excluding hydrogens is 201 g/mol. The molecule has 1 nitrogen and oxygen atoms in total. The molecule has 1 aromatic carbocycles. The van der Waals surface area contributed by atoms with Gasteiger partial charge >= 0.3 is 0 Å². The Morgan fingerprint density at radius 1 is 1.31 bits per heavy atom. The molecule has 0 radical (unpaired) electrons. The molecule has 0 heterocycles. The maximum atomic E-state index is 12.9. The fraction of sp³-hybridized carbons (Fsp3) is 0.571. The summed E-state index contributed by atoms with van der Waals surface area (Å²) in [7, 11) is 0. The third-order valence-corrected chi connectivity index (χ3v) is 3.05. The van der Waals surface area contributed by atoms with Crippen LogP contribution in [0, 0.1) is 12.7 Å². The van der Waals surface area contributed by atoms with Gasteiger partial charge in [-0.3, -0.25) is 0 Å². The van der Waals surface area contributed by atoms with Gasteiger partial charge in [-0.2, -0.15) is 0 Å². The summed E-state index contributed by atoms with van der Waals surface area (Å²) in [6, 6.07) is 5.65. The maximum Gasteiger partial charge on any atom is 0.123 e. The van der Waals surface area contributed by atoms with Crippen molar-refractivity contribution in [2.24, 2.45) is 0 Å². The topological polar surface area (TPSA) is 12.0 Å². The molecule has 1 atom stereocenters. The Hall–Kier alpha value is -0.890. The van der Waals surface area contributed by atoms with Gasteiger partial charge in [0.1, 0.15) is 5.82 Å². The van der Waals surface area contributed by atoms with Gasteiger partial charge in [0, 0.05) is 6.04 Å². The van der Waals surface area contributed by atoms with Crippen LogP contribution in [0.15, 0.2) is 18.2 Å². The van der Waals surface area contributed by atoms with Crippen LogP contribution in [0.1, 0.15) is 37.8 Å². The van der Waals surface area contributed by atoms with E-state index >= 15 is 0 Å². The van der Waals surface area contributed by atoms with Gasteiger partial charge in [-0.25, -0.2) is 4.39 Å². The van der Waals surface area contributed by atoms with E-state index in [2.05, 4.69) is 19.2 Å². The number of aryl methyl sites for hydroxylation is 2. The summed E-state index contributed by atoms with van der Waals surface area (Å²) in [6.07, 6.45) is 3.29. The predicted molar refractivity (Wildman–Crippen MR) is 67.2 cm³/mol. The molecule has 0 saturated carbocycles. The van der Waals surface area contributed by atoms with Gasteiger partial charge in [0.2, 0.25) is 0 Å². The zero-order valence-electron chi connectivity index (χ0n) is 10.5. The smallest absolute Gasteiger partial charge is 0.123 e. The van der Waals surface area contributed by atoms with E-state index in [0.717, 1.165) is 31.4 Å². The molecule has 1 aromatic rings. The van der Waals surface area contributed by atoms with Crippen LogP contribution in [-0.2, 0) is 6.42 Å². The quantitative estimate of drug-likeness (QED) is 0.779. The maximum absolute atomic E-state index is 12.9. The lowest BCUT2D eigenvalue weighted by atomic mass is 10.00. The Morgan fingerprint density at radius 3 is 2.62 bits per heavy atom. The zero-order valence-corrected chi connectivity index (χ0v) is 10.5. The molecular formula is C14H22FN. The third kappa shape index (κ3) is 3.93. The first kappa shape index (κ1) is 13.2. The fourth-order valence-corrected chi connectivity index (χ4v) is 2.01. The van der Waals surface area contributed by atoms with Crippen molar-refractivity contribution in [3.63, 3.8) is 0 Å². The number of nitrogens with one attached hydrogen (secondary N) is 1. The minimum absolute atomic E-state index is 0.139. The molecule has 1 rings (SSSR count). The van der Waals surface area contributed by atoms with Crippen LogP contribution in [-0.4, -0.2) is 12.6 Å². The summed E-state index contributed by atoms with van der Waals surface area (Å²) in [5, 5.41) is 3.46. The highest BCUT2D eigenvalue weighted by atomic mass is 19.1. The largest absolute Gasteiger partial charge is 0.314 e. The summed E-state index contributed by atoms with van der Waals surface area (Å²) in [4.78, 5) is 0. The van der Waals surface area contributed by atoms with Crippen molar-refractivity contribution in [3.8, 4) is 0 Å². The van der Waals surface area contributed by atoms with Crippen molar-refractivity contribution in [1.29, 1.82) is 0 Å². The van der Waals surface area contributed by atoms with Crippen molar-refractivity contribution in [2.75, 3.05) is 6.54 Å². The van der Waals surface area contributed by atoms with E-state index in [1.165, 1.54) is 5.56 Å². The molecule has 0 aliphatic carbocycles. The average molecular weight is 223 g/mol. The van der Waals surface area contributed by atoms with Gasteiger partial charge in [-0.05, 0) is 56.0 Å². The van der Waals surface area contributed by atoms with Gasteiger partial charge in [0.25, 0.3) is 0 Å². The number of hydrogen-bond donors (Lipinski definition) is 1. The Labute approximate surface area is 98.1 Å². The first-order chi connectivity index (χ1) is 7.67. The van der Waals surface area contributed by atoms with Crippen LogP contribution in [0.3, 0.4) is 0 Å². The van der Waals surface area contributed by atoms with Crippen LogP contribution in [0.25, 0.3) is 0 Å². The SMILES string of the molecule is CCNC(CC)CCc1ccc(F)cc1C.